The van der Waals surface area contributed by atoms with Crippen molar-refractivity contribution in [2.75, 3.05) is 18.9 Å². The molecule has 0 aromatic heterocycles. The first kappa shape index (κ1) is 29.1. The minimum Gasteiger partial charge on any atom is -0.465 e. The Kier molecular flexibility index (Phi) is 8.24. The summed E-state index contributed by atoms with van der Waals surface area (Å²) in [6.45, 7) is -1.13. The van der Waals surface area contributed by atoms with Gasteiger partial charge in [-0.15, -0.1) is 0 Å². The Morgan fingerprint density at radius 1 is 1.10 bits per heavy atom. The van der Waals surface area contributed by atoms with Gasteiger partial charge in [-0.3, -0.25) is 9.59 Å². The lowest BCUT2D eigenvalue weighted by molar-refractivity contribution is -0.186. The lowest BCUT2D eigenvalue weighted by Gasteiger charge is -2.33. The molecule has 1 fully saturated rings. The molecule has 2 aromatic rings. The highest BCUT2D eigenvalue weighted by molar-refractivity contribution is 6.30. The van der Waals surface area contributed by atoms with Crippen LogP contribution in [0.5, 0.6) is 0 Å². The van der Waals surface area contributed by atoms with Gasteiger partial charge in [-0.25, -0.2) is 18.9 Å². The molecule has 0 bridgehead atoms. The highest BCUT2D eigenvalue weighted by Crippen LogP contribution is 2.44. The van der Waals surface area contributed by atoms with Gasteiger partial charge in [-0.05, 0) is 66.6 Å². The van der Waals surface area contributed by atoms with Gasteiger partial charge in [0.2, 0.25) is 11.8 Å². The smallest absolute Gasteiger partial charge is 0.414 e. The summed E-state index contributed by atoms with van der Waals surface area (Å²) in [5.41, 5.74) is 1.80. The van der Waals surface area contributed by atoms with Crippen molar-refractivity contribution in [1.29, 1.82) is 0 Å². The number of carboxylic acid groups (broad SMARTS) is 1. The zero-order valence-corrected chi connectivity index (χ0v) is 21.9. The van der Waals surface area contributed by atoms with Crippen molar-refractivity contribution in [3.05, 3.63) is 63.9 Å². The first-order valence-electron chi connectivity index (χ1n) is 12.3. The van der Waals surface area contributed by atoms with E-state index >= 15 is 0 Å². The second kappa shape index (κ2) is 11.3. The van der Waals surface area contributed by atoms with Crippen molar-refractivity contribution in [2.45, 2.75) is 49.9 Å². The number of urea groups is 1. The molecule has 0 spiro atoms. The summed E-state index contributed by atoms with van der Waals surface area (Å²) >= 11 is 5.81. The molecule has 2 aliphatic rings. The Balaban J connectivity index is 1.58. The summed E-state index contributed by atoms with van der Waals surface area (Å²) in [4.78, 5) is 51.1. The van der Waals surface area contributed by atoms with Gasteiger partial charge in [-0.2, -0.15) is 13.2 Å². The van der Waals surface area contributed by atoms with Crippen molar-refractivity contribution < 1.29 is 41.8 Å². The molecular formula is C26H25ClF4N4O5. The van der Waals surface area contributed by atoms with E-state index in [4.69, 9.17) is 11.6 Å². The monoisotopic (exact) mass is 584 g/mol. The van der Waals surface area contributed by atoms with Crippen LogP contribution in [-0.2, 0) is 16.0 Å². The van der Waals surface area contributed by atoms with E-state index in [1.807, 2.05) is 0 Å². The van der Waals surface area contributed by atoms with Crippen molar-refractivity contribution in [3.8, 4) is 0 Å². The fourth-order valence-electron chi connectivity index (χ4n) is 5.32. The number of nitrogens with zero attached hydrogens (tertiary/aromatic N) is 2. The molecule has 3 N–H and O–H groups in total. The van der Waals surface area contributed by atoms with Crippen molar-refractivity contribution in [3.63, 3.8) is 0 Å². The van der Waals surface area contributed by atoms with Crippen LogP contribution in [0.2, 0.25) is 5.02 Å². The van der Waals surface area contributed by atoms with Gasteiger partial charge < -0.3 is 20.6 Å². The van der Waals surface area contributed by atoms with Crippen molar-refractivity contribution >= 4 is 41.2 Å². The van der Waals surface area contributed by atoms with Crippen LogP contribution in [0.4, 0.5) is 32.8 Å². The third kappa shape index (κ3) is 5.83. The summed E-state index contributed by atoms with van der Waals surface area (Å²) < 4.78 is 55.4. The first-order valence-corrected chi connectivity index (χ1v) is 12.7. The Hall–Kier alpha value is -3.87. The number of amides is 5. The maximum absolute atomic E-state index is 13.9. The van der Waals surface area contributed by atoms with Gasteiger partial charge in [0, 0.05) is 12.7 Å². The van der Waals surface area contributed by atoms with Crippen LogP contribution >= 0.6 is 11.6 Å². The fourth-order valence-corrected chi connectivity index (χ4v) is 5.51. The van der Waals surface area contributed by atoms with Gasteiger partial charge in [-0.1, -0.05) is 23.7 Å². The molecular weight excluding hydrogens is 560 g/mol. The standard InChI is InChI=1S/C26H25ClF4N4O5/c1-32-24(38)33-15-4-6-16-13(10-15)2-5-17(16)23(37)34(25(39)40)12-22(36)35-20(8-9-21(35)26(29,30)31)14-3-7-19(28)18(27)11-14/h3-4,6-7,10-11,17,20-21H,2,5,8-9,12H2,1H3,(H,39,40)(H2,32,33,38)/t17-,20-,21+/m0/s1. The topological polar surface area (TPSA) is 119 Å². The number of nitrogens with one attached hydrogen (secondary N) is 2. The Bertz CT molecular complexity index is 1350. The molecule has 9 nitrogen and oxygen atoms in total. The van der Waals surface area contributed by atoms with Gasteiger partial charge in [0.1, 0.15) is 18.4 Å². The highest BCUT2D eigenvalue weighted by Gasteiger charge is 2.52. The van der Waals surface area contributed by atoms with Gasteiger partial charge in [0.05, 0.1) is 17.0 Å². The predicted molar refractivity (Wildman–Crippen MR) is 135 cm³/mol. The van der Waals surface area contributed by atoms with Gasteiger partial charge in [0.15, 0.2) is 0 Å². The predicted octanol–water partition coefficient (Wildman–Crippen LogP) is 5.06. The molecule has 214 valence electrons. The fraction of sp³-hybridized carbons (Fsp3) is 0.385. The zero-order chi connectivity index (χ0) is 29.4. The van der Waals surface area contributed by atoms with Crippen LogP contribution in [0, 0.1) is 5.82 Å². The molecule has 1 saturated heterocycles. The summed E-state index contributed by atoms with van der Waals surface area (Å²) in [6, 6.07) is 4.23. The van der Waals surface area contributed by atoms with E-state index in [9.17, 15) is 41.8 Å². The van der Waals surface area contributed by atoms with Crippen molar-refractivity contribution in [1.82, 2.24) is 15.1 Å². The zero-order valence-electron chi connectivity index (χ0n) is 21.1. The number of alkyl halides is 3. The van der Waals surface area contributed by atoms with Crippen LogP contribution in [0.3, 0.4) is 0 Å². The summed E-state index contributed by atoms with van der Waals surface area (Å²) in [7, 11) is 1.44. The SMILES string of the molecule is CNC(=O)Nc1ccc2c(c1)CC[C@@H]2C(=O)N(CC(=O)N1[C@H](c2ccc(F)c(Cl)c2)CC[C@@H]1C(F)(F)F)C(=O)O. The Morgan fingerprint density at radius 3 is 2.45 bits per heavy atom. The van der Waals surface area contributed by atoms with Crippen LogP contribution in [-0.4, -0.2) is 64.7 Å². The number of rotatable bonds is 5. The molecule has 2 aromatic carbocycles. The second-order valence-corrected chi connectivity index (χ2v) is 9.95. The second-order valence-electron chi connectivity index (χ2n) is 9.54. The molecule has 0 saturated carbocycles. The highest BCUT2D eigenvalue weighted by atomic mass is 35.5. The molecule has 3 atom stereocenters. The number of imide groups is 1. The third-order valence-electron chi connectivity index (χ3n) is 7.17. The maximum Gasteiger partial charge on any atom is 0.414 e. The molecule has 1 heterocycles. The van der Waals surface area contributed by atoms with Gasteiger partial charge >= 0.3 is 18.3 Å². The number of hydrogen-bond acceptors (Lipinski definition) is 4. The molecule has 1 aliphatic heterocycles. The first-order chi connectivity index (χ1) is 18.8. The molecule has 40 heavy (non-hydrogen) atoms. The lowest BCUT2D eigenvalue weighted by Crippen LogP contribution is -2.51. The van der Waals surface area contributed by atoms with Crippen LogP contribution < -0.4 is 10.6 Å². The molecule has 0 unspecified atom stereocenters. The van der Waals surface area contributed by atoms with E-state index in [0.717, 1.165) is 12.1 Å². The Morgan fingerprint density at radius 2 is 1.82 bits per heavy atom. The van der Waals surface area contributed by atoms with E-state index in [0.29, 0.717) is 28.1 Å². The number of aryl methyl sites for hydroxylation is 1. The van der Waals surface area contributed by atoms with E-state index in [2.05, 4.69) is 10.6 Å². The number of carbonyl (C=O) groups excluding carboxylic acids is 3. The van der Waals surface area contributed by atoms with E-state index in [1.165, 1.54) is 19.2 Å². The minimum absolute atomic E-state index is 0.124. The molecule has 1 aliphatic carbocycles. The maximum atomic E-state index is 13.9. The summed E-state index contributed by atoms with van der Waals surface area (Å²) in [5, 5.41) is 14.4. The number of carbonyl (C=O) groups is 4. The molecule has 5 amide bonds. The summed E-state index contributed by atoms with van der Waals surface area (Å²) in [5.74, 6) is -3.90. The van der Waals surface area contributed by atoms with E-state index < -0.39 is 66.9 Å². The number of fused-ring (bicyclic) bond motifs is 1. The van der Waals surface area contributed by atoms with E-state index in [-0.39, 0.29) is 28.3 Å². The molecule has 14 heteroatoms. The van der Waals surface area contributed by atoms with Crippen LogP contribution in [0.15, 0.2) is 36.4 Å². The van der Waals surface area contributed by atoms with Crippen LogP contribution in [0.1, 0.15) is 47.9 Å². The number of likely N-dealkylation sites (tertiary alicyclic amines) is 1. The third-order valence-corrected chi connectivity index (χ3v) is 7.46. The average molecular weight is 585 g/mol. The van der Waals surface area contributed by atoms with E-state index in [1.54, 1.807) is 12.1 Å². The molecule has 0 radical (unpaired) electrons. The minimum atomic E-state index is -4.82. The normalized spacial score (nSPS) is 20.1. The lowest BCUT2D eigenvalue weighted by atomic mass is 9.99. The number of benzene rings is 2. The molecule has 4 rings (SSSR count). The number of halogens is 5. The van der Waals surface area contributed by atoms with Crippen molar-refractivity contribution in [2.24, 2.45) is 0 Å². The Labute approximate surface area is 231 Å². The average Bonchev–Trinajstić information content (AvgIpc) is 3.53. The van der Waals surface area contributed by atoms with Crippen LogP contribution in [0.25, 0.3) is 0 Å². The number of hydrogen-bond donors (Lipinski definition) is 3. The van der Waals surface area contributed by atoms with Gasteiger partial charge in [0.25, 0.3) is 0 Å². The summed E-state index contributed by atoms with van der Waals surface area (Å²) in [6.07, 6.45) is -6.60. The quantitative estimate of drug-likeness (QED) is 0.425. The largest absolute Gasteiger partial charge is 0.465 e. The number of anilines is 1.